The van der Waals surface area contributed by atoms with Crippen LogP contribution < -0.4 is 4.72 Å². The fourth-order valence-electron chi connectivity index (χ4n) is 1.76. The van der Waals surface area contributed by atoms with E-state index in [1.807, 2.05) is 0 Å². The molecule has 108 valence electrons. The Kier molecular flexibility index (Phi) is 4.83. The topological polar surface area (TPSA) is 97.1 Å². The molecule has 1 heterocycles. The van der Waals surface area contributed by atoms with Gasteiger partial charge in [-0.3, -0.25) is 4.68 Å². The molecular weight excluding hydrogens is 280 g/mol. The van der Waals surface area contributed by atoms with E-state index in [0.717, 1.165) is 0 Å². The zero-order valence-corrected chi connectivity index (χ0v) is 11.6. The molecule has 0 aliphatic rings. The Bertz CT molecular complexity index is 640. The van der Waals surface area contributed by atoms with Crippen molar-refractivity contribution in [2.24, 2.45) is 0 Å². The maximum atomic E-state index is 11.9. The molecule has 2 N–H and O–H groups in total. The Balaban J connectivity index is 1.89. The lowest BCUT2D eigenvalue weighted by Gasteiger charge is -2.07. The second-order valence-electron chi connectivity index (χ2n) is 4.30. The van der Waals surface area contributed by atoms with Crippen LogP contribution in [0.3, 0.4) is 0 Å². The van der Waals surface area contributed by atoms with Gasteiger partial charge in [0.15, 0.2) is 0 Å². The zero-order chi connectivity index (χ0) is 14.4. The van der Waals surface area contributed by atoms with Crippen molar-refractivity contribution < 1.29 is 13.5 Å². The smallest absolute Gasteiger partial charge is 0.215 e. The van der Waals surface area contributed by atoms with Crippen molar-refractivity contribution in [2.45, 2.75) is 18.9 Å². The van der Waals surface area contributed by atoms with Crippen molar-refractivity contribution in [3.05, 3.63) is 47.8 Å². The monoisotopic (exact) mass is 296 g/mol. The molecule has 0 fully saturated rings. The van der Waals surface area contributed by atoms with Crippen molar-refractivity contribution in [2.75, 3.05) is 6.54 Å². The first-order chi connectivity index (χ1) is 9.59. The number of aliphatic hydroxyl groups excluding tert-OH is 1. The van der Waals surface area contributed by atoms with Gasteiger partial charge in [-0.25, -0.2) is 13.1 Å². The molecule has 1 aromatic heterocycles. The Labute approximate surface area is 117 Å². The first kappa shape index (κ1) is 14.6. The normalized spacial score (nSPS) is 11.7. The Morgan fingerprint density at radius 1 is 1.30 bits per heavy atom. The summed E-state index contributed by atoms with van der Waals surface area (Å²) in [7, 11) is -3.41. The van der Waals surface area contributed by atoms with E-state index in [4.69, 9.17) is 5.11 Å². The van der Waals surface area contributed by atoms with Crippen LogP contribution in [0.15, 0.2) is 36.7 Å². The van der Waals surface area contributed by atoms with Gasteiger partial charge in [0, 0.05) is 12.7 Å². The van der Waals surface area contributed by atoms with E-state index < -0.39 is 10.0 Å². The van der Waals surface area contributed by atoms with Crippen LogP contribution in [0.4, 0.5) is 0 Å². The minimum Gasteiger partial charge on any atom is -0.392 e. The third-order valence-electron chi connectivity index (χ3n) is 2.67. The number of benzene rings is 1. The fraction of sp³-hybridized carbons (Fsp3) is 0.333. The van der Waals surface area contributed by atoms with Crippen molar-refractivity contribution in [3.63, 3.8) is 0 Å². The minimum absolute atomic E-state index is 0.104. The summed E-state index contributed by atoms with van der Waals surface area (Å²) in [6.07, 6.45) is 3.20. The molecule has 0 unspecified atom stereocenters. The molecule has 0 aliphatic carbocycles. The molecule has 0 spiro atoms. The maximum Gasteiger partial charge on any atom is 0.215 e. The molecule has 0 radical (unpaired) electrons. The van der Waals surface area contributed by atoms with Crippen LogP contribution in [0.25, 0.3) is 0 Å². The van der Waals surface area contributed by atoms with Crippen LogP contribution in [-0.2, 0) is 28.9 Å². The van der Waals surface area contributed by atoms with Gasteiger partial charge in [0.25, 0.3) is 0 Å². The summed E-state index contributed by atoms with van der Waals surface area (Å²) in [5, 5.41) is 16.4. The molecule has 2 aromatic rings. The number of aliphatic hydroxyl groups is 1. The lowest BCUT2D eigenvalue weighted by atomic mass is 10.1. The van der Waals surface area contributed by atoms with E-state index in [1.54, 1.807) is 35.1 Å². The lowest BCUT2D eigenvalue weighted by Crippen LogP contribution is -2.28. The average Bonchev–Trinajstić information content (AvgIpc) is 2.91. The number of rotatable bonds is 7. The van der Waals surface area contributed by atoms with Gasteiger partial charge in [0.1, 0.15) is 0 Å². The highest BCUT2D eigenvalue weighted by molar-refractivity contribution is 7.88. The molecule has 20 heavy (non-hydrogen) atoms. The third-order valence-corrected chi connectivity index (χ3v) is 4.02. The van der Waals surface area contributed by atoms with E-state index in [0.29, 0.717) is 17.7 Å². The van der Waals surface area contributed by atoms with Gasteiger partial charge in [-0.2, -0.15) is 0 Å². The molecule has 0 atom stereocenters. The fourth-order valence-corrected chi connectivity index (χ4v) is 2.88. The molecule has 0 amide bonds. The summed E-state index contributed by atoms with van der Waals surface area (Å²) >= 11 is 0. The standard InChI is InChI=1S/C12H16N4O3S/c17-9-11-2-1-3-12(8-11)10-20(18,19)14-5-7-16-6-4-13-15-16/h1-4,6,8,14,17H,5,7,9-10H2. The van der Waals surface area contributed by atoms with Gasteiger partial charge >= 0.3 is 0 Å². The summed E-state index contributed by atoms with van der Waals surface area (Å²) in [6, 6.07) is 6.87. The highest BCUT2D eigenvalue weighted by Gasteiger charge is 2.11. The minimum atomic E-state index is -3.41. The number of aromatic nitrogens is 3. The number of nitrogens with one attached hydrogen (secondary N) is 1. The molecule has 0 aliphatic heterocycles. The van der Waals surface area contributed by atoms with Crippen molar-refractivity contribution in [1.82, 2.24) is 19.7 Å². The van der Waals surface area contributed by atoms with Gasteiger partial charge in [0.05, 0.1) is 25.1 Å². The number of hydrogen-bond acceptors (Lipinski definition) is 5. The van der Waals surface area contributed by atoms with Crippen LogP contribution in [0, 0.1) is 0 Å². The van der Waals surface area contributed by atoms with Crippen molar-refractivity contribution in [1.29, 1.82) is 0 Å². The third kappa shape index (κ3) is 4.41. The average molecular weight is 296 g/mol. The van der Waals surface area contributed by atoms with E-state index >= 15 is 0 Å². The van der Waals surface area contributed by atoms with Crippen LogP contribution in [-0.4, -0.2) is 35.1 Å². The van der Waals surface area contributed by atoms with Crippen LogP contribution >= 0.6 is 0 Å². The first-order valence-corrected chi connectivity index (χ1v) is 7.74. The molecule has 0 saturated heterocycles. The maximum absolute atomic E-state index is 11.9. The highest BCUT2D eigenvalue weighted by Crippen LogP contribution is 2.08. The second kappa shape index (κ2) is 6.60. The molecule has 2 rings (SSSR count). The van der Waals surface area contributed by atoms with Crippen molar-refractivity contribution >= 4 is 10.0 Å². The van der Waals surface area contributed by atoms with E-state index in [2.05, 4.69) is 15.0 Å². The predicted molar refractivity (Wildman–Crippen MR) is 73.0 cm³/mol. The molecule has 1 aromatic carbocycles. The van der Waals surface area contributed by atoms with Gasteiger partial charge in [-0.15, -0.1) is 5.10 Å². The van der Waals surface area contributed by atoms with Gasteiger partial charge in [-0.05, 0) is 11.1 Å². The molecule has 7 nitrogen and oxygen atoms in total. The second-order valence-corrected chi connectivity index (χ2v) is 6.10. The molecule has 8 heteroatoms. The summed E-state index contributed by atoms with van der Waals surface area (Å²) in [6.45, 7) is 0.578. The number of sulfonamides is 1. The Morgan fingerprint density at radius 3 is 2.80 bits per heavy atom. The highest BCUT2D eigenvalue weighted by atomic mass is 32.2. The number of nitrogens with zero attached hydrogens (tertiary/aromatic N) is 3. The lowest BCUT2D eigenvalue weighted by molar-refractivity contribution is 0.282. The summed E-state index contributed by atoms with van der Waals surface area (Å²) in [5.74, 6) is -0.113. The van der Waals surface area contributed by atoms with E-state index in [-0.39, 0.29) is 18.9 Å². The van der Waals surface area contributed by atoms with Crippen LogP contribution in [0.2, 0.25) is 0 Å². The molecule has 0 saturated carbocycles. The number of hydrogen-bond donors (Lipinski definition) is 2. The largest absolute Gasteiger partial charge is 0.392 e. The van der Waals surface area contributed by atoms with Crippen LogP contribution in [0.1, 0.15) is 11.1 Å². The van der Waals surface area contributed by atoms with Gasteiger partial charge < -0.3 is 5.11 Å². The quantitative estimate of drug-likeness (QED) is 0.743. The Morgan fingerprint density at radius 2 is 2.10 bits per heavy atom. The van der Waals surface area contributed by atoms with Gasteiger partial charge in [0.2, 0.25) is 10.0 Å². The molecule has 0 bridgehead atoms. The van der Waals surface area contributed by atoms with Crippen LogP contribution in [0.5, 0.6) is 0 Å². The Hall–Kier alpha value is -1.77. The van der Waals surface area contributed by atoms with E-state index in [1.165, 1.54) is 6.20 Å². The predicted octanol–water partition coefficient (Wildman–Crippen LogP) is -0.110. The summed E-state index contributed by atoms with van der Waals surface area (Å²) in [4.78, 5) is 0. The van der Waals surface area contributed by atoms with Crippen molar-refractivity contribution in [3.8, 4) is 0 Å². The molecular formula is C12H16N4O3S. The first-order valence-electron chi connectivity index (χ1n) is 6.09. The summed E-state index contributed by atoms with van der Waals surface area (Å²) < 4.78 is 27.9. The SMILES string of the molecule is O=S(=O)(Cc1cccc(CO)c1)NCCn1ccnn1. The zero-order valence-electron chi connectivity index (χ0n) is 10.8. The summed E-state index contributed by atoms with van der Waals surface area (Å²) in [5.41, 5.74) is 1.34. The van der Waals surface area contributed by atoms with E-state index in [9.17, 15) is 8.42 Å². The van der Waals surface area contributed by atoms with Gasteiger partial charge in [-0.1, -0.05) is 29.5 Å².